The Morgan fingerprint density at radius 1 is 1.09 bits per heavy atom. The number of alkyl halides is 3. The number of hydrogen-bond donors (Lipinski definition) is 1. The summed E-state index contributed by atoms with van der Waals surface area (Å²) in [6.07, 6.45) is -1.11. The Balaban J connectivity index is 1.13. The molecule has 5 rings (SSSR count). The third kappa shape index (κ3) is 7.46. The van der Waals surface area contributed by atoms with Crippen molar-refractivity contribution in [1.29, 1.82) is 0 Å². The molecule has 9 nitrogen and oxygen atoms in total. The highest BCUT2D eigenvalue weighted by atomic mass is 32.2. The highest BCUT2D eigenvalue weighted by Gasteiger charge is 2.33. The van der Waals surface area contributed by atoms with Crippen molar-refractivity contribution in [2.24, 2.45) is 4.99 Å². The molecule has 3 aromatic carbocycles. The Hall–Kier alpha value is -4.65. The SMILES string of the molecule is CCc1cccc(C)c1N1C(=O)CS/C1=N\C(=O)NCCCc1ccc(-c2ncn(-c3ccc(OC(F)(F)F)cc3)n2)cc1. The van der Waals surface area contributed by atoms with E-state index >= 15 is 0 Å². The number of benzene rings is 3. The minimum absolute atomic E-state index is 0.0930. The Morgan fingerprint density at radius 2 is 1.84 bits per heavy atom. The Kier molecular flexibility index (Phi) is 9.33. The third-order valence-electron chi connectivity index (χ3n) is 6.85. The van der Waals surface area contributed by atoms with Crippen molar-refractivity contribution in [3.8, 4) is 22.8 Å². The predicted octanol–water partition coefficient (Wildman–Crippen LogP) is 6.48. The molecule has 4 aromatic rings. The molecule has 228 valence electrons. The van der Waals surface area contributed by atoms with E-state index < -0.39 is 12.4 Å². The number of para-hydroxylation sites is 1. The number of amidine groups is 1. The zero-order chi connectivity index (χ0) is 31.3. The first-order valence-electron chi connectivity index (χ1n) is 13.9. The third-order valence-corrected chi connectivity index (χ3v) is 7.77. The van der Waals surface area contributed by atoms with Crippen molar-refractivity contribution < 1.29 is 27.5 Å². The standard InChI is InChI=1S/C31H29F3N6O3S/c1-3-22-8-4-6-20(2)27(22)40-26(41)18-44-30(40)37-29(42)35-17-5-7-21-9-11-23(12-10-21)28-36-19-39(38-28)24-13-15-25(16-14-24)43-31(32,33)34/h4,6,8-16,19H,3,5,7,17-18H2,1-2H3,(H,35,42)/b37-30-. The fraction of sp³-hybridized carbons (Fsp3) is 0.258. The van der Waals surface area contributed by atoms with E-state index in [0.29, 0.717) is 36.1 Å². The number of thioether (sulfide) groups is 1. The number of anilines is 1. The molecule has 0 aliphatic carbocycles. The molecule has 1 saturated heterocycles. The highest BCUT2D eigenvalue weighted by Crippen LogP contribution is 2.33. The molecule has 1 aliphatic heterocycles. The predicted molar refractivity (Wildman–Crippen MR) is 163 cm³/mol. The number of halogens is 3. The molecule has 1 aromatic heterocycles. The maximum absolute atomic E-state index is 12.7. The van der Waals surface area contributed by atoms with Gasteiger partial charge in [0.25, 0.3) is 0 Å². The number of aromatic nitrogens is 3. The van der Waals surface area contributed by atoms with Crippen molar-refractivity contribution in [3.05, 3.63) is 89.7 Å². The van der Waals surface area contributed by atoms with E-state index in [1.807, 2.05) is 56.3 Å². The van der Waals surface area contributed by atoms with Crippen LogP contribution in [-0.2, 0) is 17.6 Å². The number of amides is 3. The van der Waals surface area contributed by atoms with Crippen LogP contribution in [0.1, 0.15) is 30.0 Å². The van der Waals surface area contributed by atoms with E-state index in [9.17, 15) is 22.8 Å². The van der Waals surface area contributed by atoms with Crippen LogP contribution in [0, 0.1) is 6.92 Å². The van der Waals surface area contributed by atoms with Gasteiger partial charge in [0, 0.05) is 12.1 Å². The quantitative estimate of drug-likeness (QED) is 0.215. The zero-order valence-corrected chi connectivity index (χ0v) is 24.8. The molecule has 1 fully saturated rings. The van der Waals surface area contributed by atoms with Crippen molar-refractivity contribution in [3.63, 3.8) is 0 Å². The van der Waals surface area contributed by atoms with Gasteiger partial charge in [-0.1, -0.05) is 61.2 Å². The molecule has 0 bridgehead atoms. The second-order valence-corrected chi connectivity index (χ2v) is 10.9. The smallest absolute Gasteiger partial charge is 0.406 e. The van der Waals surface area contributed by atoms with Gasteiger partial charge in [-0.2, -0.15) is 4.99 Å². The van der Waals surface area contributed by atoms with Crippen molar-refractivity contribution in [2.45, 2.75) is 39.5 Å². The summed E-state index contributed by atoms with van der Waals surface area (Å²) in [7, 11) is 0. The molecule has 44 heavy (non-hydrogen) atoms. The number of hydrogen-bond acceptors (Lipinski definition) is 6. The Bertz CT molecular complexity index is 1670. The fourth-order valence-corrected chi connectivity index (χ4v) is 5.60. The molecule has 0 spiro atoms. The van der Waals surface area contributed by atoms with Crippen molar-refractivity contribution in [1.82, 2.24) is 20.1 Å². The summed E-state index contributed by atoms with van der Waals surface area (Å²) in [5, 5.41) is 7.62. The zero-order valence-electron chi connectivity index (χ0n) is 24.0. The summed E-state index contributed by atoms with van der Waals surface area (Å²) >= 11 is 1.26. The first-order chi connectivity index (χ1) is 21.1. The van der Waals surface area contributed by atoms with Gasteiger partial charge >= 0.3 is 12.4 Å². The van der Waals surface area contributed by atoms with E-state index in [2.05, 4.69) is 25.1 Å². The van der Waals surface area contributed by atoms with Gasteiger partial charge in [-0.3, -0.25) is 9.69 Å². The van der Waals surface area contributed by atoms with E-state index in [1.54, 1.807) is 4.90 Å². The molecule has 0 atom stereocenters. The molecule has 0 unspecified atom stereocenters. The number of nitrogens with one attached hydrogen (secondary N) is 1. The van der Waals surface area contributed by atoms with E-state index in [-0.39, 0.29) is 17.4 Å². The molecule has 0 saturated carbocycles. The van der Waals surface area contributed by atoms with Crippen LogP contribution in [0.2, 0.25) is 0 Å². The Morgan fingerprint density at radius 3 is 2.55 bits per heavy atom. The molecule has 3 amide bonds. The van der Waals surface area contributed by atoms with E-state index in [1.165, 1.54) is 47.0 Å². The summed E-state index contributed by atoms with van der Waals surface area (Å²) in [6.45, 7) is 4.39. The van der Waals surface area contributed by atoms with Crippen LogP contribution in [0.4, 0.5) is 23.7 Å². The summed E-state index contributed by atoms with van der Waals surface area (Å²) < 4.78 is 42.5. The number of ether oxygens (including phenoxy) is 1. The lowest BCUT2D eigenvalue weighted by Gasteiger charge is -2.21. The molecule has 1 aliphatic rings. The molecule has 2 heterocycles. The number of carbonyl (C=O) groups excluding carboxylic acids is 2. The Labute approximate surface area is 256 Å². The second-order valence-electron chi connectivity index (χ2n) is 9.94. The van der Waals surface area contributed by atoms with Crippen LogP contribution < -0.4 is 15.0 Å². The molecule has 0 radical (unpaired) electrons. The molecule has 1 N–H and O–H groups in total. The van der Waals surface area contributed by atoms with Gasteiger partial charge in [0.1, 0.15) is 12.1 Å². The fourth-order valence-electron chi connectivity index (χ4n) is 4.74. The first kappa shape index (κ1) is 30.8. The van der Waals surface area contributed by atoms with E-state index in [4.69, 9.17) is 0 Å². The number of rotatable bonds is 9. The number of urea groups is 1. The lowest BCUT2D eigenvalue weighted by atomic mass is 10.0. The topological polar surface area (TPSA) is 102 Å². The molecular formula is C31H29F3N6O3S. The monoisotopic (exact) mass is 622 g/mol. The normalized spacial score (nSPS) is 14.3. The van der Waals surface area contributed by atoms with Crippen LogP contribution in [0.3, 0.4) is 0 Å². The lowest BCUT2D eigenvalue weighted by Crippen LogP contribution is -2.32. The second kappa shape index (κ2) is 13.3. The minimum atomic E-state index is -4.75. The largest absolute Gasteiger partial charge is 0.573 e. The van der Waals surface area contributed by atoms with Crippen molar-refractivity contribution >= 4 is 34.6 Å². The van der Waals surface area contributed by atoms with Gasteiger partial charge in [0.05, 0.1) is 17.1 Å². The lowest BCUT2D eigenvalue weighted by molar-refractivity contribution is -0.274. The maximum atomic E-state index is 12.7. The van der Waals surface area contributed by atoms with Crippen LogP contribution in [0.25, 0.3) is 17.1 Å². The number of nitrogens with zero attached hydrogens (tertiary/aromatic N) is 5. The number of carbonyl (C=O) groups is 2. The van der Waals surface area contributed by atoms with Crippen LogP contribution in [0.5, 0.6) is 5.75 Å². The van der Waals surface area contributed by atoms with Gasteiger partial charge in [0.15, 0.2) is 11.0 Å². The minimum Gasteiger partial charge on any atom is -0.406 e. The number of aliphatic imine (C=N–C) groups is 1. The first-order valence-corrected chi connectivity index (χ1v) is 14.9. The van der Waals surface area contributed by atoms with Crippen LogP contribution in [0.15, 0.2) is 78.0 Å². The maximum Gasteiger partial charge on any atom is 0.573 e. The molecule has 13 heteroatoms. The van der Waals surface area contributed by atoms with Crippen LogP contribution >= 0.6 is 11.8 Å². The highest BCUT2D eigenvalue weighted by molar-refractivity contribution is 8.15. The van der Waals surface area contributed by atoms with Gasteiger partial charge in [-0.25, -0.2) is 14.5 Å². The van der Waals surface area contributed by atoms with E-state index in [0.717, 1.165) is 34.4 Å². The van der Waals surface area contributed by atoms with Gasteiger partial charge < -0.3 is 10.1 Å². The van der Waals surface area contributed by atoms with Crippen LogP contribution in [-0.4, -0.2) is 50.5 Å². The van der Waals surface area contributed by atoms with Crippen molar-refractivity contribution in [2.75, 3.05) is 17.2 Å². The summed E-state index contributed by atoms with van der Waals surface area (Å²) in [4.78, 5) is 35.3. The average Bonchev–Trinajstić information content (AvgIpc) is 3.62. The summed E-state index contributed by atoms with van der Waals surface area (Å²) in [5.74, 6) is 0.297. The molecular weight excluding hydrogens is 593 g/mol. The summed E-state index contributed by atoms with van der Waals surface area (Å²) in [5.41, 5.74) is 5.16. The van der Waals surface area contributed by atoms with Gasteiger partial charge in [0.2, 0.25) is 5.91 Å². The summed E-state index contributed by atoms with van der Waals surface area (Å²) in [6, 6.07) is 18.4. The van der Waals surface area contributed by atoms with Gasteiger partial charge in [-0.05, 0) is 67.1 Å². The number of aryl methyl sites for hydroxylation is 3. The van der Waals surface area contributed by atoms with Gasteiger partial charge in [-0.15, -0.1) is 18.3 Å². The average molecular weight is 623 g/mol.